The van der Waals surface area contributed by atoms with Gasteiger partial charge in [-0.3, -0.25) is 14.4 Å². The van der Waals surface area contributed by atoms with Gasteiger partial charge < -0.3 is 4.90 Å². The summed E-state index contributed by atoms with van der Waals surface area (Å²) in [4.78, 5) is 16.7. The second kappa shape index (κ2) is 7.55. The summed E-state index contributed by atoms with van der Waals surface area (Å²) in [6.07, 6.45) is 1.58. The van der Waals surface area contributed by atoms with Gasteiger partial charge in [-0.15, -0.1) is 0 Å². The fraction of sp³-hybridized carbons (Fsp3) is 0.412. The van der Waals surface area contributed by atoms with Gasteiger partial charge in [-0.05, 0) is 24.6 Å². The molecule has 1 aromatic heterocycles. The number of hydrogen-bond acceptors (Lipinski definition) is 3. The van der Waals surface area contributed by atoms with E-state index >= 15 is 0 Å². The zero-order chi connectivity index (χ0) is 17.1. The van der Waals surface area contributed by atoms with Crippen LogP contribution in [0.3, 0.4) is 0 Å². The second-order valence-corrected chi connectivity index (χ2v) is 6.86. The molecule has 1 saturated heterocycles. The largest absolute Gasteiger partial charge is 0.339 e. The van der Waals surface area contributed by atoms with Crippen molar-refractivity contribution < 1.29 is 4.79 Å². The van der Waals surface area contributed by atoms with Gasteiger partial charge in [0.1, 0.15) is 6.54 Å². The zero-order valence-corrected chi connectivity index (χ0v) is 15.1. The van der Waals surface area contributed by atoms with E-state index in [2.05, 4.69) is 10.00 Å². The van der Waals surface area contributed by atoms with Crippen LogP contribution in [0.5, 0.6) is 0 Å². The molecule has 5 nitrogen and oxygen atoms in total. The molecule has 2 aromatic rings. The third kappa shape index (κ3) is 4.09. The molecule has 0 radical (unpaired) electrons. The Morgan fingerprint density at radius 2 is 1.79 bits per heavy atom. The Kier molecular flexibility index (Phi) is 5.43. The molecular formula is C17H20Cl2N4O. The lowest BCUT2D eigenvalue weighted by atomic mass is 10.2. The molecule has 1 aliphatic heterocycles. The molecule has 2 heterocycles. The van der Waals surface area contributed by atoms with Crippen LogP contribution in [0.25, 0.3) is 0 Å². The average molecular weight is 367 g/mol. The van der Waals surface area contributed by atoms with Gasteiger partial charge >= 0.3 is 0 Å². The van der Waals surface area contributed by atoms with E-state index in [9.17, 15) is 4.79 Å². The lowest BCUT2D eigenvalue weighted by Crippen LogP contribution is -2.49. The maximum atomic E-state index is 12.4. The number of amides is 1. The van der Waals surface area contributed by atoms with Crippen LogP contribution in [0.4, 0.5) is 0 Å². The highest BCUT2D eigenvalue weighted by atomic mass is 35.5. The Balaban J connectivity index is 1.50. The molecule has 0 saturated carbocycles. The molecule has 1 aliphatic rings. The van der Waals surface area contributed by atoms with Crippen LogP contribution in [-0.4, -0.2) is 51.7 Å². The van der Waals surface area contributed by atoms with Gasteiger partial charge in [0.2, 0.25) is 5.91 Å². The van der Waals surface area contributed by atoms with Crippen molar-refractivity contribution in [2.45, 2.75) is 20.0 Å². The first-order valence-electron chi connectivity index (χ1n) is 7.95. The summed E-state index contributed by atoms with van der Waals surface area (Å²) in [7, 11) is 0. The number of nitrogens with zero attached hydrogens (tertiary/aromatic N) is 4. The SMILES string of the molecule is Cc1c(Cl)cnn1CC(=O)N1CCN(Cc2ccc(Cl)cc2)CC1. The van der Waals surface area contributed by atoms with Crippen LogP contribution in [0.1, 0.15) is 11.3 Å². The lowest BCUT2D eigenvalue weighted by Gasteiger charge is -2.34. The van der Waals surface area contributed by atoms with E-state index < -0.39 is 0 Å². The maximum absolute atomic E-state index is 12.4. The molecule has 3 rings (SSSR count). The first kappa shape index (κ1) is 17.3. The van der Waals surface area contributed by atoms with Crippen LogP contribution in [0.2, 0.25) is 10.0 Å². The summed E-state index contributed by atoms with van der Waals surface area (Å²) in [6, 6.07) is 7.91. The molecule has 1 aromatic carbocycles. The number of carbonyl (C=O) groups is 1. The lowest BCUT2D eigenvalue weighted by molar-refractivity contribution is -0.133. The van der Waals surface area contributed by atoms with Crippen molar-refractivity contribution in [2.24, 2.45) is 0 Å². The fourth-order valence-electron chi connectivity index (χ4n) is 2.81. The summed E-state index contributed by atoms with van der Waals surface area (Å²) in [5.41, 5.74) is 2.06. The predicted octanol–water partition coefficient (Wildman–Crippen LogP) is 2.84. The van der Waals surface area contributed by atoms with E-state index in [0.29, 0.717) is 5.02 Å². The molecular weight excluding hydrogens is 347 g/mol. The summed E-state index contributed by atoms with van der Waals surface area (Å²) in [6.45, 7) is 6.21. The number of rotatable bonds is 4. The quantitative estimate of drug-likeness (QED) is 0.835. The fourth-order valence-corrected chi connectivity index (χ4v) is 3.08. The number of piperazine rings is 1. The number of halogens is 2. The zero-order valence-electron chi connectivity index (χ0n) is 13.6. The Hall–Kier alpha value is -1.56. The molecule has 128 valence electrons. The highest BCUT2D eigenvalue weighted by Gasteiger charge is 2.22. The highest BCUT2D eigenvalue weighted by Crippen LogP contribution is 2.15. The van der Waals surface area contributed by atoms with Crippen LogP contribution in [-0.2, 0) is 17.9 Å². The van der Waals surface area contributed by atoms with Gasteiger partial charge in [0.25, 0.3) is 0 Å². The van der Waals surface area contributed by atoms with Gasteiger partial charge in [-0.25, -0.2) is 0 Å². The molecule has 1 fully saturated rings. The molecule has 7 heteroatoms. The minimum atomic E-state index is 0.0870. The first-order chi connectivity index (χ1) is 11.5. The monoisotopic (exact) mass is 366 g/mol. The van der Waals surface area contributed by atoms with Crippen LogP contribution in [0.15, 0.2) is 30.5 Å². The van der Waals surface area contributed by atoms with Crippen molar-refractivity contribution in [2.75, 3.05) is 26.2 Å². The molecule has 0 spiro atoms. The van der Waals surface area contributed by atoms with E-state index in [4.69, 9.17) is 23.2 Å². The molecule has 0 bridgehead atoms. The standard InChI is InChI=1S/C17H20Cl2N4O/c1-13-16(19)10-20-23(13)12-17(24)22-8-6-21(7-9-22)11-14-2-4-15(18)5-3-14/h2-5,10H,6-9,11-12H2,1H3. The minimum Gasteiger partial charge on any atom is -0.339 e. The number of hydrogen-bond donors (Lipinski definition) is 0. The molecule has 0 unspecified atom stereocenters. The van der Waals surface area contributed by atoms with Crippen LogP contribution >= 0.6 is 23.2 Å². The molecule has 1 amide bonds. The summed E-state index contributed by atoms with van der Waals surface area (Å²) >= 11 is 11.9. The Bertz CT molecular complexity index is 706. The number of carbonyl (C=O) groups excluding carboxylic acids is 1. The number of aromatic nitrogens is 2. The van der Waals surface area contributed by atoms with Crippen molar-refractivity contribution in [3.05, 3.63) is 51.8 Å². The van der Waals surface area contributed by atoms with Crippen molar-refractivity contribution in [3.63, 3.8) is 0 Å². The van der Waals surface area contributed by atoms with Gasteiger partial charge in [0, 0.05) is 37.7 Å². The molecule has 0 N–H and O–H groups in total. The Labute approximate surface area is 151 Å². The summed E-state index contributed by atoms with van der Waals surface area (Å²) in [5, 5.41) is 5.49. The third-order valence-corrected chi connectivity index (χ3v) is 5.00. The minimum absolute atomic E-state index is 0.0870. The normalized spacial score (nSPS) is 15.7. The second-order valence-electron chi connectivity index (χ2n) is 6.02. The highest BCUT2D eigenvalue weighted by molar-refractivity contribution is 6.31. The van der Waals surface area contributed by atoms with Crippen molar-refractivity contribution in [3.8, 4) is 0 Å². The van der Waals surface area contributed by atoms with E-state index in [0.717, 1.165) is 43.4 Å². The topological polar surface area (TPSA) is 41.4 Å². The Morgan fingerprint density at radius 3 is 2.38 bits per heavy atom. The summed E-state index contributed by atoms with van der Waals surface area (Å²) in [5.74, 6) is 0.0870. The van der Waals surface area contributed by atoms with E-state index in [1.165, 1.54) is 5.56 Å². The number of benzene rings is 1. The maximum Gasteiger partial charge on any atom is 0.244 e. The third-order valence-electron chi connectivity index (χ3n) is 4.37. The van der Waals surface area contributed by atoms with Gasteiger partial charge in [0.15, 0.2) is 0 Å². The van der Waals surface area contributed by atoms with Crippen molar-refractivity contribution >= 4 is 29.1 Å². The molecule has 0 atom stereocenters. The van der Waals surface area contributed by atoms with E-state index in [1.54, 1.807) is 10.9 Å². The van der Waals surface area contributed by atoms with Gasteiger partial charge in [-0.1, -0.05) is 35.3 Å². The van der Waals surface area contributed by atoms with Gasteiger partial charge in [0.05, 0.1) is 16.9 Å². The first-order valence-corrected chi connectivity index (χ1v) is 8.71. The van der Waals surface area contributed by atoms with Crippen molar-refractivity contribution in [1.29, 1.82) is 0 Å². The van der Waals surface area contributed by atoms with Crippen molar-refractivity contribution in [1.82, 2.24) is 19.6 Å². The molecule has 0 aliphatic carbocycles. The van der Waals surface area contributed by atoms with E-state index in [1.807, 2.05) is 36.1 Å². The van der Waals surface area contributed by atoms with Crippen LogP contribution in [0, 0.1) is 6.92 Å². The summed E-state index contributed by atoms with van der Waals surface area (Å²) < 4.78 is 1.66. The smallest absolute Gasteiger partial charge is 0.244 e. The average Bonchev–Trinajstić information content (AvgIpc) is 2.90. The Morgan fingerprint density at radius 1 is 1.12 bits per heavy atom. The predicted molar refractivity (Wildman–Crippen MR) is 95.3 cm³/mol. The van der Waals surface area contributed by atoms with E-state index in [-0.39, 0.29) is 12.5 Å². The molecule has 24 heavy (non-hydrogen) atoms. The van der Waals surface area contributed by atoms with Gasteiger partial charge in [-0.2, -0.15) is 5.10 Å². The van der Waals surface area contributed by atoms with Crippen LogP contribution < -0.4 is 0 Å².